The second-order valence-corrected chi connectivity index (χ2v) is 6.58. The van der Waals surface area contributed by atoms with Gasteiger partial charge in [-0.25, -0.2) is 4.79 Å². The van der Waals surface area contributed by atoms with Gasteiger partial charge >= 0.3 is 5.97 Å². The molecule has 0 aliphatic heterocycles. The third kappa shape index (κ3) is 2.43. The van der Waals surface area contributed by atoms with Crippen LogP contribution in [0.3, 0.4) is 0 Å². The molecular formula is C17H17N3O2S. The van der Waals surface area contributed by atoms with Crippen LogP contribution in [0.15, 0.2) is 24.4 Å². The van der Waals surface area contributed by atoms with Gasteiger partial charge in [-0.15, -0.1) is 0 Å². The van der Waals surface area contributed by atoms with Crippen LogP contribution in [0.2, 0.25) is 0 Å². The summed E-state index contributed by atoms with van der Waals surface area (Å²) in [6.07, 6.45) is 4.23. The number of esters is 1. The van der Waals surface area contributed by atoms with Crippen molar-refractivity contribution >= 4 is 28.4 Å². The third-order valence-corrected chi connectivity index (χ3v) is 4.94. The van der Waals surface area contributed by atoms with Crippen LogP contribution < -0.4 is 0 Å². The molecule has 0 amide bonds. The van der Waals surface area contributed by atoms with Crippen molar-refractivity contribution in [1.82, 2.24) is 14.2 Å². The van der Waals surface area contributed by atoms with Crippen LogP contribution in [0, 0.1) is 0 Å². The van der Waals surface area contributed by atoms with Crippen LogP contribution in [0.4, 0.5) is 0 Å². The third-order valence-electron chi connectivity index (χ3n) is 4.09. The van der Waals surface area contributed by atoms with Crippen molar-refractivity contribution < 1.29 is 9.53 Å². The van der Waals surface area contributed by atoms with E-state index in [0.29, 0.717) is 17.4 Å². The molecule has 0 bridgehead atoms. The molecule has 118 valence electrons. The molecule has 0 saturated heterocycles. The first-order chi connectivity index (χ1) is 11.2. The molecule has 0 spiro atoms. The zero-order valence-electron chi connectivity index (χ0n) is 13.1. The Balaban J connectivity index is 1.89. The van der Waals surface area contributed by atoms with Crippen molar-refractivity contribution in [2.75, 3.05) is 6.61 Å². The topological polar surface area (TPSA) is 57.0 Å². The molecule has 0 unspecified atom stereocenters. The Bertz CT molecular complexity index is 893. The van der Waals surface area contributed by atoms with Gasteiger partial charge in [0.15, 0.2) is 0 Å². The van der Waals surface area contributed by atoms with E-state index in [1.807, 2.05) is 37.0 Å². The number of benzene rings is 1. The molecule has 1 aliphatic carbocycles. The van der Waals surface area contributed by atoms with Gasteiger partial charge < -0.3 is 4.74 Å². The lowest BCUT2D eigenvalue weighted by molar-refractivity contribution is 0.0531. The highest BCUT2D eigenvalue weighted by Gasteiger charge is 2.34. The minimum absolute atomic E-state index is 0.253. The number of aromatic nitrogens is 3. The highest BCUT2D eigenvalue weighted by Crippen LogP contribution is 2.48. The number of carbonyl (C=O) groups excluding carboxylic acids is 1. The number of carbonyl (C=O) groups is 1. The van der Waals surface area contributed by atoms with Crippen LogP contribution >= 0.6 is 11.5 Å². The maximum atomic E-state index is 12.2. The summed E-state index contributed by atoms with van der Waals surface area (Å²) in [5.74, 6) is 0.173. The Hall–Kier alpha value is -2.21. The van der Waals surface area contributed by atoms with Crippen LogP contribution in [-0.2, 0) is 11.8 Å². The number of fused-ring (bicyclic) bond motifs is 1. The fourth-order valence-corrected chi connectivity index (χ4v) is 3.83. The quantitative estimate of drug-likeness (QED) is 0.685. The summed E-state index contributed by atoms with van der Waals surface area (Å²) in [7, 11) is 1.91. The summed E-state index contributed by atoms with van der Waals surface area (Å²) >= 11 is 1.25. The molecule has 1 aromatic carbocycles. The first-order valence-electron chi connectivity index (χ1n) is 7.78. The van der Waals surface area contributed by atoms with E-state index >= 15 is 0 Å². The number of nitrogens with zero attached hydrogens (tertiary/aromatic N) is 3. The van der Waals surface area contributed by atoms with Crippen molar-refractivity contribution in [3.63, 3.8) is 0 Å². The first kappa shape index (κ1) is 14.4. The lowest BCUT2D eigenvalue weighted by Crippen LogP contribution is -2.05. The lowest BCUT2D eigenvalue weighted by Gasteiger charge is -2.05. The van der Waals surface area contributed by atoms with Gasteiger partial charge in [-0.2, -0.15) is 9.47 Å². The van der Waals surface area contributed by atoms with Crippen LogP contribution in [0.25, 0.3) is 22.2 Å². The summed E-state index contributed by atoms with van der Waals surface area (Å²) in [4.78, 5) is 12.9. The SMILES string of the molecule is CCOC(=O)c1snc(-c2cccc3nn(C)cc23)c1C1CC1. The predicted octanol–water partition coefficient (Wildman–Crippen LogP) is 3.75. The summed E-state index contributed by atoms with van der Waals surface area (Å²) < 4.78 is 11.6. The van der Waals surface area contributed by atoms with Gasteiger partial charge in [-0.3, -0.25) is 4.68 Å². The molecule has 23 heavy (non-hydrogen) atoms. The predicted molar refractivity (Wildman–Crippen MR) is 89.8 cm³/mol. The van der Waals surface area contributed by atoms with E-state index < -0.39 is 0 Å². The minimum Gasteiger partial charge on any atom is -0.462 e. The zero-order chi connectivity index (χ0) is 16.0. The van der Waals surface area contributed by atoms with Gasteiger partial charge in [0.1, 0.15) is 4.88 Å². The number of hydrogen-bond donors (Lipinski definition) is 0. The van der Waals surface area contributed by atoms with Crippen molar-refractivity contribution in [1.29, 1.82) is 0 Å². The van der Waals surface area contributed by atoms with Crippen molar-refractivity contribution in [2.45, 2.75) is 25.7 Å². The van der Waals surface area contributed by atoms with Gasteiger partial charge in [0.2, 0.25) is 0 Å². The Labute approximate surface area is 138 Å². The molecule has 4 rings (SSSR count). The largest absolute Gasteiger partial charge is 0.462 e. The maximum Gasteiger partial charge on any atom is 0.350 e. The van der Waals surface area contributed by atoms with Gasteiger partial charge in [-0.05, 0) is 43.3 Å². The van der Waals surface area contributed by atoms with Crippen LogP contribution in [0.1, 0.15) is 40.9 Å². The fourth-order valence-electron chi connectivity index (χ4n) is 2.95. The monoisotopic (exact) mass is 327 g/mol. The van der Waals surface area contributed by atoms with Crippen LogP contribution in [0.5, 0.6) is 0 Å². The zero-order valence-corrected chi connectivity index (χ0v) is 13.9. The highest BCUT2D eigenvalue weighted by atomic mass is 32.1. The molecule has 0 N–H and O–H groups in total. The lowest BCUT2D eigenvalue weighted by atomic mass is 10.00. The van der Waals surface area contributed by atoms with Crippen LogP contribution in [-0.4, -0.2) is 26.7 Å². The molecule has 1 fully saturated rings. The Morgan fingerprint density at radius 3 is 3.00 bits per heavy atom. The van der Waals surface area contributed by atoms with E-state index in [9.17, 15) is 4.79 Å². The maximum absolute atomic E-state index is 12.2. The average molecular weight is 327 g/mol. The van der Waals surface area contributed by atoms with Gasteiger partial charge in [-0.1, -0.05) is 12.1 Å². The Kier molecular flexibility index (Phi) is 3.41. The smallest absolute Gasteiger partial charge is 0.350 e. The van der Waals surface area contributed by atoms with Crippen molar-refractivity contribution in [3.8, 4) is 11.3 Å². The van der Waals surface area contributed by atoms with E-state index in [1.165, 1.54) is 11.5 Å². The van der Waals surface area contributed by atoms with E-state index in [2.05, 4.69) is 15.5 Å². The van der Waals surface area contributed by atoms with Gasteiger partial charge in [0.05, 0.1) is 17.8 Å². The fraction of sp³-hybridized carbons (Fsp3) is 0.353. The summed E-state index contributed by atoms with van der Waals surface area (Å²) in [5.41, 5.74) is 3.96. The average Bonchev–Trinajstić information content (AvgIpc) is 3.15. The van der Waals surface area contributed by atoms with E-state index in [0.717, 1.165) is 40.6 Å². The summed E-state index contributed by atoms with van der Waals surface area (Å²) in [5, 5.41) is 5.53. The molecule has 5 nitrogen and oxygen atoms in total. The van der Waals surface area contributed by atoms with Crippen molar-refractivity contribution in [2.24, 2.45) is 7.05 Å². The minimum atomic E-state index is -0.253. The second kappa shape index (κ2) is 5.45. The van der Waals surface area contributed by atoms with Crippen molar-refractivity contribution in [3.05, 3.63) is 34.8 Å². The molecule has 0 atom stereocenters. The molecular weight excluding hydrogens is 310 g/mol. The van der Waals surface area contributed by atoms with E-state index in [1.54, 1.807) is 0 Å². The Morgan fingerprint density at radius 2 is 2.26 bits per heavy atom. The number of ether oxygens (including phenoxy) is 1. The standard InChI is InChI=1S/C17H17N3O2S/c1-3-22-17(21)16-14(10-7-8-10)15(19-23-16)11-5-4-6-13-12(11)9-20(2)18-13/h4-6,9-10H,3,7-8H2,1-2H3. The Morgan fingerprint density at radius 1 is 1.43 bits per heavy atom. The first-order valence-corrected chi connectivity index (χ1v) is 8.55. The normalized spacial score (nSPS) is 14.3. The summed E-state index contributed by atoms with van der Waals surface area (Å²) in [6.45, 7) is 2.21. The number of rotatable bonds is 4. The molecule has 3 aromatic rings. The molecule has 1 aliphatic rings. The number of aryl methyl sites for hydroxylation is 1. The molecule has 0 radical (unpaired) electrons. The summed E-state index contributed by atoms with van der Waals surface area (Å²) in [6, 6.07) is 6.04. The molecule has 1 saturated carbocycles. The highest BCUT2D eigenvalue weighted by molar-refractivity contribution is 7.08. The van der Waals surface area contributed by atoms with Gasteiger partial charge in [0.25, 0.3) is 0 Å². The molecule has 2 aromatic heterocycles. The molecule has 2 heterocycles. The molecule has 6 heteroatoms. The van der Waals surface area contributed by atoms with E-state index in [4.69, 9.17) is 4.74 Å². The van der Waals surface area contributed by atoms with Gasteiger partial charge in [0, 0.05) is 29.8 Å². The second-order valence-electron chi connectivity index (χ2n) is 5.81. The van der Waals surface area contributed by atoms with E-state index in [-0.39, 0.29) is 5.97 Å². The number of hydrogen-bond acceptors (Lipinski definition) is 5.